The lowest BCUT2D eigenvalue weighted by molar-refractivity contribution is 0.0678. The summed E-state index contributed by atoms with van der Waals surface area (Å²) in [4.78, 5) is 34.3. The van der Waals surface area contributed by atoms with Crippen LogP contribution < -0.4 is 15.0 Å². The van der Waals surface area contributed by atoms with Crippen LogP contribution in [0.2, 0.25) is 0 Å². The monoisotopic (exact) mass is 485 g/mol. The Morgan fingerprint density at radius 2 is 1.75 bits per heavy atom. The zero-order valence-electron chi connectivity index (χ0n) is 21.1. The molecule has 0 saturated heterocycles. The molecule has 0 saturated carbocycles. The predicted molar refractivity (Wildman–Crippen MR) is 141 cm³/mol. The molecular weight excluding hydrogens is 454 g/mol. The molecule has 36 heavy (non-hydrogen) atoms. The van der Waals surface area contributed by atoms with E-state index in [0.29, 0.717) is 46.0 Å². The molecular formula is C29H31N3O4. The van der Waals surface area contributed by atoms with Gasteiger partial charge in [0.25, 0.3) is 11.5 Å². The standard InChI is InChI=1S/C29H31N3O4/c1-5-6-18-31(28(33)21-12-11-13-22(19-21)35-3)20(2)27-30-24-15-8-7-14-23(24)29(34)32(27)25-16-9-10-17-26(25)36-4/h7-17,19-20H,5-6,18H2,1-4H3. The molecule has 0 N–H and O–H groups in total. The van der Waals surface area contributed by atoms with Crippen molar-refractivity contribution in [1.82, 2.24) is 14.5 Å². The van der Waals surface area contributed by atoms with E-state index in [9.17, 15) is 9.59 Å². The van der Waals surface area contributed by atoms with Crippen LogP contribution in [0.25, 0.3) is 16.6 Å². The van der Waals surface area contributed by atoms with Crippen LogP contribution in [0, 0.1) is 0 Å². The van der Waals surface area contributed by atoms with Crippen LogP contribution in [0.15, 0.2) is 77.6 Å². The van der Waals surface area contributed by atoms with E-state index in [1.165, 1.54) is 0 Å². The summed E-state index contributed by atoms with van der Waals surface area (Å²) in [7, 11) is 3.15. The number of hydrogen-bond acceptors (Lipinski definition) is 5. The fourth-order valence-corrected chi connectivity index (χ4v) is 4.34. The number of ether oxygens (including phenoxy) is 2. The third-order valence-electron chi connectivity index (χ3n) is 6.30. The Morgan fingerprint density at radius 1 is 1.00 bits per heavy atom. The molecule has 7 nitrogen and oxygen atoms in total. The second-order valence-corrected chi connectivity index (χ2v) is 8.56. The molecule has 0 fully saturated rings. The number of para-hydroxylation sites is 3. The lowest BCUT2D eigenvalue weighted by Crippen LogP contribution is -2.38. The molecule has 1 heterocycles. The molecule has 1 atom stereocenters. The smallest absolute Gasteiger partial charge is 0.266 e. The van der Waals surface area contributed by atoms with Gasteiger partial charge in [-0.3, -0.25) is 14.2 Å². The summed E-state index contributed by atoms with van der Waals surface area (Å²) in [5.41, 5.74) is 1.47. The fourth-order valence-electron chi connectivity index (χ4n) is 4.34. The van der Waals surface area contributed by atoms with Gasteiger partial charge in [-0.25, -0.2) is 4.98 Å². The van der Waals surface area contributed by atoms with E-state index in [0.717, 1.165) is 12.8 Å². The topological polar surface area (TPSA) is 73.7 Å². The predicted octanol–water partition coefficient (Wildman–Crippen LogP) is 5.41. The van der Waals surface area contributed by atoms with E-state index < -0.39 is 6.04 Å². The molecule has 0 aliphatic rings. The van der Waals surface area contributed by atoms with E-state index in [4.69, 9.17) is 14.5 Å². The largest absolute Gasteiger partial charge is 0.497 e. The number of rotatable bonds is 9. The van der Waals surface area contributed by atoms with Crippen LogP contribution in [0.4, 0.5) is 0 Å². The van der Waals surface area contributed by atoms with Crippen molar-refractivity contribution in [3.8, 4) is 17.2 Å². The van der Waals surface area contributed by atoms with Crippen molar-refractivity contribution in [3.05, 3.63) is 94.5 Å². The van der Waals surface area contributed by atoms with Crippen LogP contribution in [-0.4, -0.2) is 41.1 Å². The molecule has 0 aliphatic carbocycles. The third-order valence-corrected chi connectivity index (χ3v) is 6.30. The van der Waals surface area contributed by atoms with E-state index in [-0.39, 0.29) is 11.5 Å². The Labute approximate surface area is 210 Å². The normalized spacial score (nSPS) is 11.8. The summed E-state index contributed by atoms with van der Waals surface area (Å²) in [5, 5.41) is 0.499. The highest BCUT2D eigenvalue weighted by atomic mass is 16.5. The van der Waals surface area contributed by atoms with E-state index in [2.05, 4.69) is 6.92 Å². The van der Waals surface area contributed by atoms with Crippen molar-refractivity contribution in [1.29, 1.82) is 0 Å². The van der Waals surface area contributed by atoms with Crippen LogP contribution >= 0.6 is 0 Å². The highest BCUT2D eigenvalue weighted by Gasteiger charge is 2.28. The highest BCUT2D eigenvalue weighted by Crippen LogP contribution is 2.29. The number of amides is 1. The summed E-state index contributed by atoms with van der Waals surface area (Å²) in [6, 6.07) is 21.2. The maximum Gasteiger partial charge on any atom is 0.266 e. The number of unbranched alkanes of at least 4 members (excludes halogenated alkanes) is 1. The van der Waals surface area contributed by atoms with E-state index in [1.807, 2.05) is 49.4 Å². The van der Waals surface area contributed by atoms with E-state index in [1.54, 1.807) is 54.0 Å². The van der Waals surface area contributed by atoms with Gasteiger partial charge in [-0.1, -0.05) is 43.7 Å². The number of fused-ring (bicyclic) bond motifs is 1. The van der Waals surface area contributed by atoms with Gasteiger partial charge in [0.1, 0.15) is 17.3 Å². The number of nitrogens with zero attached hydrogens (tertiary/aromatic N) is 3. The number of aromatic nitrogens is 2. The summed E-state index contributed by atoms with van der Waals surface area (Å²) in [6.07, 6.45) is 1.73. The van der Waals surface area contributed by atoms with Gasteiger partial charge < -0.3 is 14.4 Å². The first-order valence-electron chi connectivity index (χ1n) is 12.1. The van der Waals surface area contributed by atoms with Crippen molar-refractivity contribution in [2.24, 2.45) is 0 Å². The van der Waals surface area contributed by atoms with Crippen LogP contribution in [0.5, 0.6) is 11.5 Å². The van der Waals surface area contributed by atoms with Gasteiger partial charge in [0, 0.05) is 12.1 Å². The first-order valence-corrected chi connectivity index (χ1v) is 12.1. The summed E-state index contributed by atoms with van der Waals surface area (Å²) < 4.78 is 12.5. The number of hydrogen-bond donors (Lipinski definition) is 0. The molecule has 186 valence electrons. The first-order chi connectivity index (χ1) is 17.5. The van der Waals surface area contributed by atoms with Gasteiger partial charge in [0.05, 0.1) is 36.9 Å². The minimum Gasteiger partial charge on any atom is -0.497 e. The van der Waals surface area contributed by atoms with Gasteiger partial charge in [0.15, 0.2) is 0 Å². The van der Waals surface area contributed by atoms with Gasteiger partial charge in [-0.2, -0.15) is 0 Å². The summed E-state index contributed by atoms with van der Waals surface area (Å²) in [6.45, 7) is 4.51. The van der Waals surface area contributed by atoms with E-state index >= 15 is 0 Å². The Hall–Kier alpha value is -4.13. The number of carbonyl (C=O) groups is 1. The maximum absolute atomic E-state index is 13.8. The van der Waals surface area contributed by atoms with Crippen molar-refractivity contribution < 1.29 is 14.3 Å². The van der Waals surface area contributed by atoms with Crippen molar-refractivity contribution in [2.45, 2.75) is 32.7 Å². The zero-order chi connectivity index (χ0) is 25.7. The summed E-state index contributed by atoms with van der Waals surface area (Å²) >= 11 is 0. The SMILES string of the molecule is CCCCN(C(=O)c1cccc(OC)c1)C(C)c1nc2ccccc2c(=O)n1-c1ccccc1OC. The Morgan fingerprint density at radius 3 is 2.50 bits per heavy atom. The third kappa shape index (κ3) is 4.82. The molecule has 3 aromatic carbocycles. The minimum atomic E-state index is -0.502. The van der Waals surface area contributed by atoms with Gasteiger partial charge in [0.2, 0.25) is 0 Å². The molecule has 1 aromatic heterocycles. The second kappa shape index (κ2) is 11.1. The van der Waals surface area contributed by atoms with Crippen molar-refractivity contribution >= 4 is 16.8 Å². The average Bonchev–Trinajstić information content (AvgIpc) is 2.93. The minimum absolute atomic E-state index is 0.149. The lowest BCUT2D eigenvalue weighted by Gasteiger charge is -2.31. The molecule has 0 spiro atoms. The fraction of sp³-hybridized carbons (Fsp3) is 0.276. The molecule has 0 radical (unpaired) electrons. The maximum atomic E-state index is 13.8. The van der Waals surface area contributed by atoms with Gasteiger partial charge in [-0.05, 0) is 55.8 Å². The van der Waals surface area contributed by atoms with Crippen LogP contribution in [0.1, 0.15) is 48.9 Å². The molecule has 0 aliphatic heterocycles. The first kappa shape index (κ1) is 25.0. The average molecular weight is 486 g/mol. The molecule has 4 rings (SSSR count). The number of carbonyl (C=O) groups excluding carboxylic acids is 1. The van der Waals surface area contributed by atoms with Crippen LogP contribution in [-0.2, 0) is 0 Å². The number of benzene rings is 3. The molecule has 4 aromatic rings. The molecule has 7 heteroatoms. The van der Waals surface area contributed by atoms with Crippen molar-refractivity contribution in [2.75, 3.05) is 20.8 Å². The highest BCUT2D eigenvalue weighted by molar-refractivity contribution is 5.95. The van der Waals surface area contributed by atoms with Crippen molar-refractivity contribution in [3.63, 3.8) is 0 Å². The van der Waals surface area contributed by atoms with Crippen LogP contribution in [0.3, 0.4) is 0 Å². The second-order valence-electron chi connectivity index (χ2n) is 8.56. The molecule has 1 unspecified atom stereocenters. The molecule has 1 amide bonds. The quantitative estimate of drug-likeness (QED) is 0.317. The van der Waals surface area contributed by atoms with Gasteiger partial charge in [-0.15, -0.1) is 0 Å². The molecule has 0 bridgehead atoms. The summed E-state index contributed by atoms with van der Waals surface area (Å²) in [5.74, 6) is 1.47. The Kier molecular flexibility index (Phi) is 7.68. The van der Waals surface area contributed by atoms with Gasteiger partial charge >= 0.3 is 0 Å². The Balaban J connectivity index is 1.92. The Bertz CT molecular complexity index is 1430. The number of methoxy groups -OCH3 is 2. The lowest BCUT2D eigenvalue weighted by atomic mass is 10.1. The zero-order valence-corrected chi connectivity index (χ0v) is 21.1.